The maximum Gasteiger partial charge on any atom is 0.315 e. The van der Waals surface area contributed by atoms with Crippen LogP contribution in [0.15, 0.2) is 42.7 Å². The lowest BCUT2D eigenvalue weighted by Crippen LogP contribution is -2.36. The van der Waals surface area contributed by atoms with Gasteiger partial charge in [0, 0.05) is 31.0 Å². The lowest BCUT2D eigenvalue weighted by atomic mass is 9.98. The number of carbonyl (C=O) groups excluding carboxylic acids is 2. The number of anilines is 1. The molecule has 1 aliphatic heterocycles. The molecule has 1 unspecified atom stereocenters. The number of pyridine rings is 1. The fourth-order valence-electron chi connectivity index (χ4n) is 2.69. The van der Waals surface area contributed by atoms with Gasteiger partial charge in [0.1, 0.15) is 0 Å². The van der Waals surface area contributed by atoms with Crippen LogP contribution in [0, 0.1) is 0 Å². The van der Waals surface area contributed by atoms with Gasteiger partial charge < -0.3 is 16.0 Å². The quantitative estimate of drug-likeness (QED) is 0.808. The molecule has 6 heteroatoms. The highest BCUT2D eigenvalue weighted by Crippen LogP contribution is 2.26. The fourth-order valence-corrected chi connectivity index (χ4v) is 2.69. The summed E-state index contributed by atoms with van der Waals surface area (Å²) in [6, 6.07) is 9.27. The molecule has 0 aliphatic carbocycles. The molecule has 6 nitrogen and oxygen atoms in total. The van der Waals surface area contributed by atoms with E-state index in [9.17, 15) is 9.59 Å². The van der Waals surface area contributed by atoms with Crippen molar-refractivity contribution in [2.45, 2.75) is 32.4 Å². The molecule has 3 N–H and O–H groups in total. The Morgan fingerprint density at radius 2 is 2.21 bits per heavy atom. The lowest BCUT2D eigenvalue weighted by molar-refractivity contribution is -0.116. The van der Waals surface area contributed by atoms with Crippen molar-refractivity contribution in [3.8, 4) is 0 Å². The minimum absolute atomic E-state index is 0.0520. The summed E-state index contributed by atoms with van der Waals surface area (Å²) in [6.45, 7) is 2.37. The van der Waals surface area contributed by atoms with Crippen molar-refractivity contribution in [2.75, 3.05) is 5.32 Å². The second-order valence-electron chi connectivity index (χ2n) is 5.87. The molecule has 0 fully saturated rings. The molecule has 1 aliphatic rings. The molecule has 0 bridgehead atoms. The van der Waals surface area contributed by atoms with Crippen LogP contribution in [0.2, 0.25) is 0 Å². The summed E-state index contributed by atoms with van der Waals surface area (Å²) >= 11 is 0. The van der Waals surface area contributed by atoms with Crippen LogP contribution in [-0.2, 0) is 17.8 Å². The van der Waals surface area contributed by atoms with Crippen molar-refractivity contribution in [1.29, 1.82) is 0 Å². The van der Waals surface area contributed by atoms with Crippen LogP contribution in [0.4, 0.5) is 10.5 Å². The lowest BCUT2D eigenvalue weighted by Gasteiger charge is -2.20. The number of urea groups is 1. The first-order chi connectivity index (χ1) is 11.6. The number of benzene rings is 1. The number of fused-ring (bicyclic) bond motifs is 1. The van der Waals surface area contributed by atoms with Crippen LogP contribution in [0.25, 0.3) is 0 Å². The molecule has 0 radical (unpaired) electrons. The zero-order chi connectivity index (χ0) is 16.9. The van der Waals surface area contributed by atoms with E-state index in [0.29, 0.717) is 13.0 Å². The summed E-state index contributed by atoms with van der Waals surface area (Å²) in [4.78, 5) is 27.4. The SMILES string of the molecule is CC(NC(=O)NCc1cccnc1)c1ccc2c(c1)CCC(=O)N2. The van der Waals surface area contributed by atoms with E-state index >= 15 is 0 Å². The average molecular weight is 324 g/mol. The third kappa shape index (κ3) is 3.90. The molecule has 1 atom stereocenters. The van der Waals surface area contributed by atoms with Gasteiger partial charge in [-0.15, -0.1) is 0 Å². The molecule has 2 aromatic rings. The second kappa shape index (κ2) is 7.12. The van der Waals surface area contributed by atoms with Crippen LogP contribution in [0.1, 0.15) is 36.1 Å². The van der Waals surface area contributed by atoms with Gasteiger partial charge in [0.25, 0.3) is 0 Å². The van der Waals surface area contributed by atoms with Crippen molar-refractivity contribution in [2.24, 2.45) is 0 Å². The molecule has 0 spiro atoms. The van der Waals surface area contributed by atoms with Gasteiger partial charge in [-0.3, -0.25) is 9.78 Å². The van der Waals surface area contributed by atoms with E-state index in [2.05, 4.69) is 20.9 Å². The maximum atomic E-state index is 12.0. The standard InChI is InChI=1S/C18H20N4O2/c1-12(21-18(24)20-11-13-3-2-8-19-10-13)14-4-6-16-15(9-14)5-7-17(23)22-16/h2-4,6,8-10,12H,5,7,11H2,1H3,(H,22,23)(H2,20,21,24). The van der Waals surface area contributed by atoms with Gasteiger partial charge in [-0.05, 0) is 42.2 Å². The van der Waals surface area contributed by atoms with Gasteiger partial charge in [0.2, 0.25) is 5.91 Å². The Morgan fingerprint density at radius 1 is 1.33 bits per heavy atom. The zero-order valence-corrected chi connectivity index (χ0v) is 13.5. The first-order valence-corrected chi connectivity index (χ1v) is 7.98. The molecule has 24 heavy (non-hydrogen) atoms. The van der Waals surface area contributed by atoms with Crippen LogP contribution < -0.4 is 16.0 Å². The van der Waals surface area contributed by atoms with E-state index in [4.69, 9.17) is 0 Å². The van der Waals surface area contributed by atoms with Crippen LogP contribution in [-0.4, -0.2) is 16.9 Å². The first kappa shape index (κ1) is 16.0. The minimum Gasteiger partial charge on any atom is -0.334 e. The van der Waals surface area contributed by atoms with E-state index in [1.807, 2.05) is 37.3 Å². The van der Waals surface area contributed by atoms with Gasteiger partial charge in [-0.2, -0.15) is 0 Å². The molecule has 124 valence electrons. The molecular weight excluding hydrogens is 304 g/mol. The molecule has 1 aromatic heterocycles. The monoisotopic (exact) mass is 324 g/mol. The Balaban J connectivity index is 1.57. The van der Waals surface area contributed by atoms with Gasteiger partial charge in [0.05, 0.1) is 6.04 Å². The van der Waals surface area contributed by atoms with E-state index in [0.717, 1.165) is 28.8 Å². The number of aromatic nitrogens is 1. The van der Waals surface area contributed by atoms with Crippen molar-refractivity contribution in [3.05, 3.63) is 59.4 Å². The third-order valence-electron chi connectivity index (χ3n) is 4.05. The van der Waals surface area contributed by atoms with E-state index in [1.54, 1.807) is 12.4 Å². The normalized spacial score (nSPS) is 14.3. The van der Waals surface area contributed by atoms with Crippen molar-refractivity contribution >= 4 is 17.6 Å². The number of nitrogens with one attached hydrogen (secondary N) is 3. The van der Waals surface area contributed by atoms with E-state index in [1.165, 1.54) is 0 Å². The predicted octanol–water partition coefficient (Wildman–Crippen LogP) is 2.53. The second-order valence-corrected chi connectivity index (χ2v) is 5.87. The Bertz CT molecular complexity index is 746. The Hall–Kier alpha value is -2.89. The van der Waals surface area contributed by atoms with Crippen molar-refractivity contribution in [3.63, 3.8) is 0 Å². The Morgan fingerprint density at radius 3 is 3.00 bits per heavy atom. The number of hydrogen-bond donors (Lipinski definition) is 3. The highest BCUT2D eigenvalue weighted by atomic mass is 16.2. The Labute approximate surface area is 140 Å². The summed E-state index contributed by atoms with van der Waals surface area (Å²) < 4.78 is 0. The average Bonchev–Trinajstić information content (AvgIpc) is 2.60. The summed E-state index contributed by atoms with van der Waals surface area (Å²) in [7, 11) is 0. The number of rotatable bonds is 4. The summed E-state index contributed by atoms with van der Waals surface area (Å²) in [6.07, 6.45) is 4.66. The predicted molar refractivity (Wildman–Crippen MR) is 91.4 cm³/mol. The highest BCUT2D eigenvalue weighted by molar-refractivity contribution is 5.93. The number of nitrogens with zero attached hydrogens (tertiary/aromatic N) is 1. The minimum atomic E-state index is -0.225. The number of hydrogen-bond acceptors (Lipinski definition) is 3. The molecular formula is C18H20N4O2. The van der Waals surface area contributed by atoms with Gasteiger partial charge in [-0.25, -0.2) is 4.79 Å². The van der Waals surface area contributed by atoms with Gasteiger partial charge in [-0.1, -0.05) is 18.2 Å². The molecule has 2 heterocycles. The highest BCUT2D eigenvalue weighted by Gasteiger charge is 2.17. The molecule has 3 amide bonds. The number of carbonyl (C=O) groups is 2. The largest absolute Gasteiger partial charge is 0.334 e. The number of aryl methyl sites for hydroxylation is 1. The van der Waals surface area contributed by atoms with Crippen molar-refractivity contribution in [1.82, 2.24) is 15.6 Å². The molecule has 1 aromatic carbocycles. The zero-order valence-electron chi connectivity index (χ0n) is 13.5. The van der Waals surface area contributed by atoms with Crippen LogP contribution in [0.3, 0.4) is 0 Å². The molecule has 0 saturated carbocycles. The van der Waals surface area contributed by atoms with E-state index in [-0.39, 0.29) is 18.0 Å². The summed E-state index contributed by atoms with van der Waals surface area (Å²) in [5.74, 6) is 0.0520. The topological polar surface area (TPSA) is 83.1 Å². The Kier molecular flexibility index (Phi) is 4.74. The molecule has 0 saturated heterocycles. The van der Waals surface area contributed by atoms with E-state index < -0.39 is 0 Å². The number of amides is 3. The van der Waals surface area contributed by atoms with Crippen molar-refractivity contribution < 1.29 is 9.59 Å². The fraction of sp³-hybridized carbons (Fsp3) is 0.278. The smallest absolute Gasteiger partial charge is 0.315 e. The molecule has 3 rings (SSSR count). The third-order valence-corrected chi connectivity index (χ3v) is 4.05. The van der Waals surface area contributed by atoms with Gasteiger partial charge >= 0.3 is 6.03 Å². The summed E-state index contributed by atoms with van der Waals surface area (Å²) in [5, 5.41) is 8.61. The maximum absolute atomic E-state index is 12.0. The summed E-state index contributed by atoms with van der Waals surface area (Å²) in [5.41, 5.74) is 3.94. The van der Waals surface area contributed by atoms with Gasteiger partial charge in [0.15, 0.2) is 0 Å². The van der Waals surface area contributed by atoms with Crippen LogP contribution >= 0.6 is 0 Å². The first-order valence-electron chi connectivity index (χ1n) is 7.98. The van der Waals surface area contributed by atoms with Crippen LogP contribution in [0.5, 0.6) is 0 Å².